The molecule has 0 aliphatic heterocycles. The molecule has 0 unspecified atom stereocenters. The molecule has 1 saturated carbocycles. The third-order valence-electron chi connectivity index (χ3n) is 2.55. The quantitative estimate of drug-likeness (QED) is 0.781. The van der Waals surface area contributed by atoms with Crippen LogP contribution in [0.4, 0.5) is 0 Å². The van der Waals surface area contributed by atoms with Crippen LogP contribution in [-0.4, -0.2) is 32.7 Å². The molecule has 0 bridgehead atoms. The van der Waals surface area contributed by atoms with Gasteiger partial charge in [-0.05, 0) is 30.8 Å². The number of aliphatic hydroxyl groups excluding tert-OH is 1. The SMILES string of the molecule is CCc1nnsc1C(=O)NC1CC(O)C1. The van der Waals surface area contributed by atoms with Crippen molar-refractivity contribution in [3.63, 3.8) is 0 Å². The van der Waals surface area contributed by atoms with E-state index in [2.05, 4.69) is 14.9 Å². The smallest absolute Gasteiger partial charge is 0.265 e. The molecule has 1 aromatic rings. The Morgan fingerprint density at radius 3 is 3.00 bits per heavy atom. The number of nitrogens with zero attached hydrogens (tertiary/aromatic N) is 2. The van der Waals surface area contributed by atoms with Gasteiger partial charge in [0.2, 0.25) is 0 Å². The van der Waals surface area contributed by atoms with Crippen molar-refractivity contribution < 1.29 is 9.90 Å². The summed E-state index contributed by atoms with van der Waals surface area (Å²) >= 11 is 1.12. The average Bonchev–Trinajstić information content (AvgIpc) is 2.62. The first kappa shape index (κ1) is 10.5. The minimum absolute atomic E-state index is 0.110. The number of aliphatic hydroxyl groups is 1. The average molecular weight is 227 g/mol. The van der Waals surface area contributed by atoms with Crippen LogP contribution in [-0.2, 0) is 6.42 Å². The Kier molecular flexibility index (Phi) is 2.97. The first-order valence-electron chi connectivity index (χ1n) is 5.00. The maximum absolute atomic E-state index is 11.7. The van der Waals surface area contributed by atoms with Gasteiger partial charge in [-0.2, -0.15) is 0 Å². The number of aromatic nitrogens is 2. The largest absolute Gasteiger partial charge is 0.393 e. The van der Waals surface area contributed by atoms with E-state index in [1.54, 1.807) is 0 Å². The highest BCUT2D eigenvalue weighted by molar-refractivity contribution is 7.08. The van der Waals surface area contributed by atoms with Crippen molar-refractivity contribution in [2.75, 3.05) is 0 Å². The lowest BCUT2D eigenvalue weighted by atomic mass is 9.89. The van der Waals surface area contributed by atoms with E-state index in [1.165, 1.54) is 0 Å². The van der Waals surface area contributed by atoms with Crippen LogP contribution >= 0.6 is 11.5 Å². The lowest BCUT2D eigenvalue weighted by Gasteiger charge is -2.31. The molecule has 0 radical (unpaired) electrons. The number of hydrogen-bond donors (Lipinski definition) is 2. The molecule has 0 spiro atoms. The molecule has 1 fully saturated rings. The molecular weight excluding hydrogens is 214 g/mol. The molecule has 0 atom stereocenters. The number of nitrogens with one attached hydrogen (secondary N) is 1. The highest BCUT2D eigenvalue weighted by Gasteiger charge is 2.29. The molecule has 1 heterocycles. The third kappa shape index (κ3) is 2.15. The lowest BCUT2D eigenvalue weighted by molar-refractivity contribution is 0.0564. The molecule has 0 aromatic carbocycles. The van der Waals surface area contributed by atoms with Crippen molar-refractivity contribution in [1.29, 1.82) is 0 Å². The maximum atomic E-state index is 11.7. The second kappa shape index (κ2) is 4.24. The standard InChI is InChI=1S/C9H13N3O2S/c1-2-7-8(15-12-11-7)9(14)10-5-3-6(13)4-5/h5-6,13H,2-4H2,1H3,(H,10,14). The van der Waals surface area contributed by atoms with E-state index in [-0.39, 0.29) is 18.1 Å². The van der Waals surface area contributed by atoms with Gasteiger partial charge in [-0.1, -0.05) is 11.4 Å². The van der Waals surface area contributed by atoms with Gasteiger partial charge in [-0.15, -0.1) is 5.10 Å². The van der Waals surface area contributed by atoms with E-state index < -0.39 is 0 Å². The van der Waals surface area contributed by atoms with E-state index in [0.29, 0.717) is 24.1 Å². The number of aryl methyl sites for hydroxylation is 1. The van der Waals surface area contributed by atoms with E-state index >= 15 is 0 Å². The Bertz CT molecular complexity index is 360. The molecule has 0 saturated heterocycles. The summed E-state index contributed by atoms with van der Waals surface area (Å²) in [5.41, 5.74) is 0.748. The molecule has 2 rings (SSSR count). The van der Waals surface area contributed by atoms with Crippen LogP contribution in [0.1, 0.15) is 35.1 Å². The van der Waals surface area contributed by atoms with Crippen molar-refractivity contribution in [2.24, 2.45) is 0 Å². The van der Waals surface area contributed by atoms with Gasteiger partial charge >= 0.3 is 0 Å². The Balaban J connectivity index is 1.96. The number of amides is 1. The van der Waals surface area contributed by atoms with Crippen molar-refractivity contribution in [3.05, 3.63) is 10.6 Å². The van der Waals surface area contributed by atoms with Crippen molar-refractivity contribution in [1.82, 2.24) is 14.9 Å². The fourth-order valence-corrected chi connectivity index (χ4v) is 2.22. The van der Waals surface area contributed by atoms with E-state index in [0.717, 1.165) is 17.2 Å². The molecule has 1 amide bonds. The van der Waals surface area contributed by atoms with Crippen LogP contribution < -0.4 is 5.32 Å². The van der Waals surface area contributed by atoms with Crippen molar-refractivity contribution >= 4 is 17.4 Å². The minimum Gasteiger partial charge on any atom is -0.393 e. The van der Waals surface area contributed by atoms with Crippen molar-refractivity contribution in [3.8, 4) is 0 Å². The predicted octanol–water partition coefficient (Wildman–Crippen LogP) is 0.354. The number of carbonyl (C=O) groups is 1. The van der Waals surface area contributed by atoms with Crippen LogP contribution in [0, 0.1) is 0 Å². The van der Waals surface area contributed by atoms with Gasteiger partial charge in [0, 0.05) is 6.04 Å². The third-order valence-corrected chi connectivity index (χ3v) is 3.31. The van der Waals surface area contributed by atoms with E-state index in [4.69, 9.17) is 5.11 Å². The summed E-state index contributed by atoms with van der Waals surface area (Å²) in [5.74, 6) is -0.112. The van der Waals surface area contributed by atoms with Gasteiger partial charge < -0.3 is 10.4 Å². The summed E-state index contributed by atoms with van der Waals surface area (Å²) in [6.07, 6.45) is 1.77. The second-order valence-corrected chi connectivity index (χ2v) is 4.45. The summed E-state index contributed by atoms with van der Waals surface area (Å²) in [4.78, 5) is 12.3. The van der Waals surface area contributed by atoms with Crippen LogP contribution in [0.2, 0.25) is 0 Å². The number of carbonyl (C=O) groups excluding carboxylic acids is 1. The normalized spacial score (nSPS) is 24.7. The van der Waals surface area contributed by atoms with Gasteiger partial charge in [0.15, 0.2) is 0 Å². The Labute approximate surface area is 91.7 Å². The van der Waals surface area contributed by atoms with Gasteiger partial charge in [0.1, 0.15) is 4.88 Å². The zero-order chi connectivity index (χ0) is 10.8. The Hall–Kier alpha value is -1.01. The number of rotatable bonds is 3. The summed E-state index contributed by atoms with van der Waals surface area (Å²) in [6.45, 7) is 1.95. The summed E-state index contributed by atoms with van der Waals surface area (Å²) in [5, 5.41) is 15.8. The highest BCUT2D eigenvalue weighted by Crippen LogP contribution is 2.20. The highest BCUT2D eigenvalue weighted by atomic mass is 32.1. The van der Waals surface area contributed by atoms with Crippen LogP contribution in [0.3, 0.4) is 0 Å². The van der Waals surface area contributed by atoms with Gasteiger partial charge in [-0.3, -0.25) is 4.79 Å². The first-order valence-corrected chi connectivity index (χ1v) is 5.78. The minimum atomic E-state index is -0.250. The summed E-state index contributed by atoms with van der Waals surface area (Å²) in [7, 11) is 0. The summed E-state index contributed by atoms with van der Waals surface area (Å²) in [6, 6.07) is 0.110. The predicted molar refractivity (Wildman–Crippen MR) is 55.8 cm³/mol. The molecule has 5 nitrogen and oxygen atoms in total. The van der Waals surface area contributed by atoms with Crippen molar-refractivity contribution in [2.45, 2.75) is 38.3 Å². The lowest BCUT2D eigenvalue weighted by Crippen LogP contribution is -2.46. The molecule has 82 valence electrons. The van der Waals surface area contributed by atoms with Gasteiger partial charge in [0.05, 0.1) is 11.8 Å². The topological polar surface area (TPSA) is 75.1 Å². The first-order chi connectivity index (χ1) is 7.20. The molecule has 1 aliphatic rings. The fraction of sp³-hybridized carbons (Fsp3) is 0.667. The summed E-state index contributed by atoms with van der Waals surface area (Å²) < 4.78 is 3.76. The molecule has 1 aromatic heterocycles. The molecule has 2 N–H and O–H groups in total. The molecule has 15 heavy (non-hydrogen) atoms. The van der Waals surface area contributed by atoms with Crippen LogP contribution in [0.15, 0.2) is 0 Å². The second-order valence-electron chi connectivity index (χ2n) is 3.70. The van der Waals surface area contributed by atoms with E-state index in [9.17, 15) is 4.79 Å². The zero-order valence-corrected chi connectivity index (χ0v) is 9.25. The molecule has 6 heteroatoms. The monoisotopic (exact) mass is 227 g/mol. The fourth-order valence-electron chi connectivity index (χ4n) is 1.57. The van der Waals surface area contributed by atoms with Gasteiger partial charge in [-0.25, -0.2) is 0 Å². The van der Waals surface area contributed by atoms with E-state index in [1.807, 2.05) is 6.92 Å². The Morgan fingerprint density at radius 2 is 2.40 bits per heavy atom. The van der Waals surface area contributed by atoms with Crippen LogP contribution in [0.5, 0.6) is 0 Å². The Morgan fingerprint density at radius 1 is 1.67 bits per heavy atom. The zero-order valence-electron chi connectivity index (χ0n) is 8.43. The number of hydrogen-bond acceptors (Lipinski definition) is 5. The van der Waals surface area contributed by atoms with Gasteiger partial charge in [0.25, 0.3) is 5.91 Å². The molecule has 1 aliphatic carbocycles. The molecular formula is C9H13N3O2S. The maximum Gasteiger partial charge on any atom is 0.265 e. The van der Waals surface area contributed by atoms with Crippen LogP contribution in [0.25, 0.3) is 0 Å².